The number of hydrogen-bond donors (Lipinski definition) is 2. The number of ketones is 1. The molecule has 0 aliphatic carbocycles. The largest absolute Gasteiger partial charge is 0.488 e. The number of para-hydroxylation sites is 1. The highest BCUT2D eigenvalue weighted by atomic mass is 19.1. The zero-order chi connectivity index (χ0) is 29.9. The molecule has 0 spiro atoms. The molecule has 3 heterocycles. The molecule has 0 bridgehead atoms. The van der Waals surface area contributed by atoms with Crippen molar-refractivity contribution in [2.75, 3.05) is 25.0 Å². The number of Topliss-reactive ketones (excluding diaryl/α,β-unsaturated/α-hetero) is 1. The average molecular weight is 585 g/mol. The molecule has 43 heavy (non-hydrogen) atoms. The molecule has 9 nitrogen and oxygen atoms in total. The highest BCUT2D eigenvalue weighted by Crippen LogP contribution is 2.33. The zero-order valence-electron chi connectivity index (χ0n) is 23.0. The first-order chi connectivity index (χ1) is 20.9. The number of rotatable bonds is 8. The predicted molar refractivity (Wildman–Crippen MR) is 155 cm³/mol. The van der Waals surface area contributed by atoms with Gasteiger partial charge in [0.15, 0.2) is 5.78 Å². The first-order valence-corrected chi connectivity index (χ1v) is 13.6. The van der Waals surface area contributed by atoms with Gasteiger partial charge in [0.2, 0.25) is 5.95 Å². The van der Waals surface area contributed by atoms with Crippen LogP contribution in [-0.4, -0.2) is 35.4 Å². The van der Waals surface area contributed by atoms with Crippen molar-refractivity contribution in [2.24, 2.45) is 0 Å². The summed E-state index contributed by atoms with van der Waals surface area (Å²) in [7, 11) is 0. The Labute approximate surface area is 244 Å². The Balaban J connectivity index is 1.28. The van der Waals surface area contributed by atoms with Crippen molar-refractivity contribution < 1.29 is 27.5 Å². The first-order valence-electron chi connectivity index (χ1n) is 13.6. The molecule has 5 aromatic rings. The van der Waals surface area contributed by atoms with Gasteiger partial charge >= 0.3 is 5.63 Å². The van der Waals surface area contributed by atoms with Crippen molar-refractivity contribution in [3.05, 3.63) is 112 Å². The number of morpholine rings is 1. The first kappa shape index (κ1) is 28.1. The third-order valence-corrected chi connectivity index (χ3v) is 7.02. The summed E-state index contributed by atoms with van der Waals surface area (Å²) in [5.41, 5.74) is 2.00. The third kappa shape index (κ3) is 5.99. The monoisotopic (exact) mass is 584 g/mol. The summed E-state index contributed by atoms with van der Waals surface area (Å²) in [6, 6.07) is 17.4. The summed E-state index contributed by atoms with van der Waals surface area (Å²) in [6.07, 6.45) is 1.10. The fourth-order valence-electron chi connectivity index (χ4n) is 5.02. The number of carbonyl (C=O) groups is 1. The van der Waals surface area contributed by atoms with E-state index in [1.807, 2.05) is 12.1 Å². The van der Waals surface area contributed by atoms with Crippen LogP contribution in [0.5, 0.6) is 5.75 Å². The molecule has 1 aliphatic rings. The van der Waals surface area contributed by atoms with Crippen LogP contribution in [0.25, 0.3) is 22.2 Å². The maximum Gasteiger partial charge on any atom is 0.347 e. The van der Waals surface area contributed by atoms with E-state index in [0.29, 0.717) is 53.3 Å². The molecule has 3 aromatic carbocycles. The Hall–Kier alpha value is -5.00. The van der Waals surface area contributed by atoms with E-state index in [9.17, 15) is 18.4 Å². The molecule has 2 aromatic heterocycles. The predicted octanol–water partition coefficient (Wildman–Crippen LogP) is 5.71. The van der Waals surface area contributed by atoms with E-state index < -0.39 is 23.4 Å². The van der Waals surface area contributed by atoms with E-state index in [-0.39, 0.29) is 35.0 Å². The summed E-state index contributed by atoms with van der Waals surface area (Å²) in [5, 5.41) is 6.96. The molecule has 1 unspecified atom stereocenters. The zero-order valence-corrected chi connectivity index (χ0v) is 23.0. The smallest absolute Gasteiger partial charge is 0.347 e. The number of anilines is 2. The molecule has 1 fully saturated rings. The second-order valence-electron chi connectivity index (χ2n) is 9.92. The Morgan fingerprint density at radius 3 is 2.77 bits per heavy atom. The van der Waals surface area contributed by atoms with Crippen molar-refractivity contribution in [1.82, 2.24) is 15.3 Å². The lowest BCUT2D eigenvalue weighted by Crippen LogP contribution is -2.35. The minimum atomic E-state index is -0.725. The normalized spacial score (nSPS) is 14.9. The topological polar surface area (TPSA) is 116 Å². The molecule has 1 saturated heterocycles. The Kier molecular flexibility index (Phi) is 7.91. The van der Waals surface area contributed by atoms with Crippen LogP contribution in [0.15, 0.2) is 82.1 Å². The van der Waals surface area contributed by atoms with Crippen molar-refractivity contribution in [3.8, 4) is 17.0 Å². The lowest BCUT2D eigenvalue weighted by molar-refractivity contribution is 0.0277. The van der Waals surface area contributed by atoms with Gasteiger partial charge in [-0.1, -0.05) is 12.1 Å². The van der Waals surface area contributed by atoms with Crippen LogP contribution in [-0.2, 0) is 11.3 Å². The van der Waals surface area contributed by atoms with Gasteiger partial charge in [0, 0.05) is 59.2 Å². The van der Waals surface area contributed by atoms with Gasteiger partial charge in [-0.15, -0.1) is 0 Å². The molecule has 0 amide bonds. The van der Waals surface area contributed by atoms with Crippen LogP contribution >= 0.6 is 0 Å². The fraction of sp³-hybridized carbons (Fsp3) is 0.188. The summed E-state index contributed by atoms with van der Waals surface area (Å²) < 4.78 is 44.7. The quantitative estimate of drug-likeness (QED) is 0.175. The number of nitrogens with zero attached hydrogens (tertiary/aromatic N) is 2. The Morgan fingerprint density at radius 1 is 1.12 bits per heavy atom. The number of nitrogens with one attached hydrogen (secondary N) is 2. The van der Waals surface area contributed by atoms with Crippen LogP contribution < -0.4 is 21.0 Å². The lowest BCUT2D eigenvalue weighted by Gasteiger charge is -2.26. The number of halogens is 2. The van der Waals surface area contributed by atoms with Crippen LogP contribution in [0.4, 0.5) is 20.4 Å². The van der Waals surface area contributed by atoms with Gasteiger partial charge < -0.3 is 24.5 Å². The summed E-state index contributed by atoms with van der Waals surface area (Å²) in [6.45, 7) is 2.83. The highest BCUT2D eigenvalue weighted by molar-refractivity contribution is 6.00. The van der Waals surface area contributed by atoms with Crippen LogP contribution in [0, 0.1) is 11.6 Å². The molecule has 2 N–H and O–H groups in total. The molecule has 6 rings (SSSR count). The van der Waals surface area contributed by atoms with Crippen LogP contribution in [0.3, 0.4) is 0 Å². The van der Waals surface area contributed by atoms with E-state index in [1.54, 1.807) is 42.6 Å². The second-order valence-corrected chi connectivity index (χ2v) is 9.92. The van der Waals surface area contributed by atoms with Crippen molar-refractivity contribution in [1.29, 1.82) is 0 Å². The lowest BCUT2D eigenvalue weighted by atomic mass is 9.96. The van der Waals surface area contributed by atoms with Gasteiger partial charge in [0.1, 0.15) is 35.1 Å². The van der Waals surface area contributed by atoms with Gasteiger partial charge in [-0.05, 0) is 49.4 Å². The van der Waals surface area contributed by atoms with Gasteiger partial charge in [0.05, 0.1) is 18.4 Å². The molecule has 0 radical (unpaired) electrons. The standard InChI is InChI=1S/C32H26F2N4O5/c1-18(39)29-30(28-16-35-12-13-41-28)23-9-8-21(15-27(23)43-31(29)40)37-32-36-11-10-25(38-32)22-4-2-3-5-26(22)42-17-19-6-7-20(33)14-24(19)34/h2-11,14-15,28,35H,12-13,16-17H2,1H3,(H,36,37,38). The minimum Gasteiger partial charge on any atom is -0.488 e. The second kappa shape index (κ2) is 12.1. The minimum absolute atomic E-state index is 0.0130. The van der Waals surface area contributed by atoms with Crippen molar-refractivity contribution in [3.63, 3.8) is 0 Å². The molecular formula is C32H26F2N4O5. The van der Waals surface area contributed by atoms with Crippen molar-refractivity contribution in [2.45, 2.75) is 19.6 Å². The van der Waals surface area contributed by atoms with Gasteiger partial charge in [-0.2, -0.15) is 0 Å². The van der Waals surface area contributed by atoms with E-state index in [0.717, 1.165) is 6.07 Å². The number of carbonyl (C=O) groups excluding carboxylic acids is 1. The van der Waals surface area contributed by atoms with Crippen LogP contribution in [0.1, 0.15) is 34.5 Å². The van der Waals surface area contributed by atoms with Gasteiger partial charge in [-0.3, -0.25) is 4.79 Å². The number of aromatic nitrogens is 2. The molecule has 11 heteroatoms. The molecular weight excluding hydrogens is 558 g/mol. The maximum absolute atomic E-state index is 14.1. The van der Waals surface area contributed by atoms with E-state index in [1.165, 1.54) is 19.1 Å². The van der Waals surface area contributed by atoms with E-state index in [4.69, 9.17) is 13.9 Å². The van der Waals surface area contributed by atoms with Gasteiger partial charge in [0.25, 0.3) is 0 Å². The van der Waals surface area contributed by atoms with Gasteiger partial charge in [-0.25, -0.2) is 23.5 Å². The highest BCUT2D eigenvalue weighted by Gasteiger charge is 2.27. The fourth-order valence-corrected chi connectivity index (χ4v) is 5.02. The molecule has 218 valence electrons. The summed E-state index contributed by atoms with van der Waals surface area (Å²) in [5.74, 6) is -1.02. The number of ether oxygens (including phenoxy) is 2. The van der Waals surface area contributed by atoms with E-state index >= 15 is 0 Å². The van der Waals surface area contributed by atoms with Crippen molar-refractivity contribution >= 4 is 28.4 Å². The molecule has 0 saturated carbocycles. The maximum atomic E-state index is 14.1. The summed E-state index contributed by atoms with van der Waals surface area (Å²) in [4.78, 5) is 34.2. The SMILES string of the molecule is CC(=O)c1c(C2CNCCO2)c2ccc(Nc3nccc(-c4ccccc4OCc4ccc(F)cc4F)n3)cc2oc1=O. The van der Waals surface area contributed by atoms with E-state index in [2.05, 4.69) is 20.6 Å². The van der Waals surface area contributed by atoms with Crippen LogP contribution in [0.2, 0.25) is 0 Å². The summed E-state index contributed by atoms with van der Waals surface area (Å²) >= 11 is 0. The number of benzene rings is 3. The average Bonchev–Trinajstić information content (AvgIpc) is 3.00. The molecule has 1 atom stereocenters. The molecule has 1 aliphatic heterocycles. The third-order valence-electron chi connectivity index (χ3n) is 7.02. The Bertz CT molecular complexity index is 1890. The Morgan fingerprint density at radius 2 is 1.98 bits per heavy atom. The number of fused-ring (bicyclic) bond motifs is 1. The number of hydrogen-bond acceptors (Lipinski definition) is 9.